The van der Waals surface area contributed by atoms with Gasteiger partial charge in [0, 0.05) is 10.6 Å². The lowest BCUT2D eigenvalue weighted by atomic mass is 10.1. The number of nitrogens with zero attached hydrogens (tertiary/aromatic N) is 1. The average molecular weight is 284 g/mol. The number of imide groups is 1. The highest BCUT2D eigenvalue weighted by Gasteiger charge is 2.34. The summed E-state index contributed by atoms with van der Waals surface area (Å²) >= 11 is 4.32. The largest absolute Gasteiger partial charge is 0.366 e. The number of rotatable bonds is 3. The van der Waals surface area contributed by atoms with E-state index >= 15 is 0 Å². The van der Waals surface area contributed by atoms with E-state index in [2.05, 4.69) is 17.9 Å². The van der Waals surface area contributed by atoms with Crippen LogP contribution in [0.5, 0.6) is 0 Å². The zero-order chi connectivity index (χ0) is 14.1. The van der Waals surface area contributed by atoms with E-state index in [1.807, 2.05) is 24.3 Å². The van der Waals surface area contributed by atoms with Gasteiger partial charge in [0.05, 0.1) is 17.8 Å². The van der Waals surface area contributed by atoms with Crippen molar-refractivity contribution < 1.29 is 9.59 Å². The molecule has 2 amide bonds. The molecule has 0 bridgehead atoms. The number of nitrogens with one attached hydrogen (secondary N) is 1. The van der Waals surface area contributed by atoms with Gasteiger partial charge in [0.1, 0.15) is 0 Å². The molecular weight excluding hydrogens is 272 g/mol. The number of thiol groups is 1. The van der Waals surface area contributed by atoms with E-state index in [1.54, 1.807) is 24.3 Å². The van der Waals surface area contributed by atoms with Crippen LogP contribution in [0, 0.1) is 0 Å². The van der Waals surface area contributed by atoms with E-state index in [1.165, 1.54) is 4.90 Å². The molecule has 100 valence electrons. The molecule has 1 heterocycles. The maximum absolute atomic E-state index is 12.2. The van der Waals surface area contributed by atoms with Crippen molar-refractivity contribution >= 4 is 30.1 Å². The van der Waals surface area contributed by atoms with E-state index in [0.29, 0.717) is 11.1 Å². The Morgan fingerprint density at radius 3 is 2.05 bits per heavy atom. The molecule has 2 aromatic carbocycles. The molecule has 3 rings (SSSR count). The maximum Gasteiger partial charge on any atom is 0.263 e. The van der Waals surface area contributed by atoms with Gasteiger partial charge in [-0.15, -0.1) is 12.6 Å². The molecular formula is C15H12N2O2S. The fourth-order valence-electron chi connectivity index (χ4n) is 2.17. The van der Waals surface area contributed by atoms with E-state index in [4.69, 9.17) is 0 Å². The zero-order valence-corrected chi connectivity index (χ0v) is 11.4. The summed E-state index contributed by atoms with van der Waals surface area (Å²) in [6.45, 7) is 0.129. The van der Waals surface area contributed by atoms with Gasteiger partial charge in [0.15, 0.2) is 0 Å². The third-order valence-electron chi connectivity index (χ3n) is 3.21. The Morgan fingerprint density at radius 1 is 0.900 bits per heavy atom. The standard InChI is InChI=1S/C15H12N2O2S/c18-14-10-5-1-2-6-11(10)15(19)17(14)9-16-12-7-3-4-8-13(12)20/h1-8,16,20H,9H2. The number of carbonyl (C=O) groups excluding carboxylic acids is 2. The van der Waals surface area contributed by atoms with Crippen molar-refractivity contribution in [3.63, 3.8) is 0 Å². The van der Waals surface area contributed by atoms with Gasteiger partial charge < -0.3 is 5.32 Å². The Morgan fingerprint density at radius 2 is 1.45 bits per heavy atom. The fourth-order valence-corrected chi connectivity index (χ4v) is 2.41. The summed E-state index contributed by atoms with van der Waals surface area (Å²) in [5, 5.41) is 3.06. The lowest BCUT2D eigenvalue weighted by Crippen LogP contribution is -2.34. The zero-order valence-electron chi connectivity index (χ0n) is 10.5. The summed E-state index contributed by atoms with van der Waals surface area (Å²) in [5.74, 6) is -0.538. The summed E-state index contributed by atoms with van der Waals surface area (Å²) in [6, 6.07) is 14.3. The topological polar surface area (TPSA) is 49.4 Å². The summed E-state index contributed by atoms with van der Waals surface area (Å²) in [4.78, 5) is 26.3. The predicted octanol–water partition coefficient (Wildman–Crippen LogP) is 2.64. The molecule has 1 aliphatic heterocycles. The minimum Gasteiger partial charge on any atom is -0.366 e. The number of carbonyl (C=O) groups is 2. The van der Waals surface area contributed by atoms with Crippen molar-refractivity contribution in [2.24, 2.45) is 0 Å². The molecule has 0 saturated carbocycles. The first-order valence-electron chi connectivity index (χ1n) is 6.15. The summed E-state index contributed by atoms with van der Waals surface area (Å²) in [7, 11) is 0. The second-order valence-electron chi connectivity index (χ2n) is 4.44. The van der Waals surface area contributed by atoms with Crippen molar-refractivity contribution in [1.82, 2.24) is 4.90 Å². The number of fused-ring (bicyclic) bond motifs is 1. The Bertz CT molecular complexity index is 665. The number of hydrogen-bond acceptors (Lipinski definition) is 4. The van der Waals surface area contributed by atoms with E-state index in [-0.39, 0.29) is 18.5 Å². The van der Waals surface area contributed by atoms with Crippen molar-refractivity contribution in [2.45, 2.75) is 4.90 Å². The second-order valence-corrected chi connectivity index (χ2v) is 4.92. The molecule has 1 aliphatic rings. The molecule has 0 unspecified atom stereocenters. The highest BCUT2D eigenvalue weighted by molar-refractivity contribution is 7.80. The molecule has 0 atom stereocenters. The first-order valence-corrected chi connectivity index (χ1v) is 6.60. The third-order valence-corrected chi connectivity index (χ3v) is 3.60. The predicted molar refractivity (Wildman–Crippen MR) is 79.1 cm³/mol. The molecule has 20 heavy (non-hydrogen) atoms. The van der Waals surface area contributed by atoms with Crippen LogP contribution >= 0.6 is 12.6 Å². The molecule has 2 aromatic rings. The van der Waals surface area contributed by atoms with Gasteiger partial charge in [-0.05, 0) is 24.3 Å². The van der Waals surface area contributed by atoms with Crippen molar-refractivity contribution in [3.05, 3.63) is 59.7 Å². The molecule has 5 heteroatoms. The normalized spacial score (nSPS) is 13.6. The summed E-state index contributed by atoms with van der Waals surface area (Å²) < 4.78 is 0. The van der Waals surface area contributed by atoms with Crippen molar-refractivity contribution in [3.8, 4) is 0 Å². The summed E-state index contributed by atoms with van der Waals surface area (Å²) in [6.07, 6.45) is 0. The van der Waals surface area contributed by atoms with Crippen LogP contribution in [-0.4, -0.2) is 23.4 Å². The van der Waals surface area contributed by atoms with E-state index < -0.39 is 0 Å². The van der Waals surface area contributed by atoms with Crippen LogP contribution in [0.2, 0.25) is 0 Å². The minimum absolute atomic E-state index is 0.129. The van der Waals surface area contributed by atoms with E-state index in [9.17, 15) is 9.59 Å². The third kappa shape index (κ3) is 2.06. The van der Waals surface area contributed by atoms with Gasteiger partial charge in [-0.3, -0.25) is 14.5 Å². The number of anilines is 1. The molecule has 0 aliphatic carbocycles. The van der Waals surface area contributed by atoms with Gasteiger partial charge in [-0.2, -0.15) is 0 Å². The fraction of sp³-hybridized carbons (Fsp3) is 0.0667. The van der Waals surface area contributed by atoms with Crippen LogP contribution in [0.25, 0.3) is 0 Å². The molecule has 0 saturated heterocycles. The Balaban J connectivity index is 1.79. The van der Waals surface area contributed by atoms with Gasteiger partial charge >= 0.3 is 0 Å². The lowest BCUT2D eigenvalue weighted by molar-refractivity contribution is 0.0665. The number of para-hydroxylation sites is 1. The molecule has 0 spiro atoms. The first-order chi connectivity index (χ1) is 9.68. The Hall–Kier alpha value is -2.27. The van der Waals surface area contributed by atoms with Crippen LogP contribution in [0.4, 0.5) is 5.69 Å². The molecule has 0 fully saturated rings. The average Bonchev–Trinajstić information content (AvgIpc) is 2.71. The minimum atomic E-state index is -0.269. The molecule has 0 aromatic heterocycles. The molecule has 0 radical (unpaired) electrons. The second kappa shape index (κ2) is 5.02. The summed E-state index contributed by atoms with van der Waals surface area (Å²) in [5.41, 5.74) is 1.70. The van der Waals surface area contributed by atoms with Crippen LogP contribution in [0.15, 0.2) is 53.4 Å². The lowest BCUT2D eigenvalue weighted by Gasteiger charge is -2.16. The highest BCUT2D eigenvalue weighted by Crippen LogP contribution is 2.23. The SMILES string of the molecule is O=C1c2ccccc2C(=O)N1CNc1ccccc1S. The number of hydrogen-bond donors (Lipinski definition) is 2. The smallest absolute Gasteiger partial charge is 0.263 e. The van der Waals surface area contributed by atoms with E-state index in [0.717, 1.165) is 10.6 Å². The van der Waals surface area contributed by atoms with Crippen molar-refractivity contribution in [2.75, 3.05) is 12.0 Å². The van der Waals surface area contributed by atoms with Crippen LogP contribution < -0.4 is 5.32 Å². The highest BCUT2D eigenvalue weighted by atomic mass is 32.1. The van der Waals surface area contributed by atoms with Crippen LogP contribution in [0.3, 0.4) is 0 Å². The molecule has 4 nitrogen and oxygen atoms in total. The monoisotopic (exact) mass is 284 g/mol. The van der Waals surface area contributed by atoms with Crippen molar-refractivity contribution in [1.29, 1.82) is 0 Å². The van der Waals surface area contributed by atoms with Gasteiger partial charge in [0.25, 0.3) is 11.8 Å². The maximum atomic E-state index is 12.2. The number of benzene rings is 2. The van der Waals surface area contributed by atoms with Crippen LogP contribution in [-0.2, 0) is 0 Å². The molecule has 1 N–H and O–H groups in total. The Labute approximate surface area is 121 Å². The first kappa shape index (κ1) is 12.7. The quantitative estimate of drug-likeness (QED) is 0.673. The van der Waals surface area contributed by atoms with Gasteiger partial charge in [-0.25, -0.2) is 0 Å². The van der Waals surface area contributed by atoms with Crippen LogP contribution in [0.1, 0.15) is 20.7 Å². The van der Waals surface area contributed by atoms with Gasteiger partial charge in [0.2, 0.25) is 0 Å². The number of amides is 2. The Kier molecular flexibility index (Phi) is 3.20. The van der Waals surface area contributed by atoms with Gasteiger partial charge in [-0.1, -0.05) is 24.3 Å².